The van der Waals surface area contributed by atoms with E-state index in [1.807, 2.05) is 12.3 Å². The monoisotopic (exact) mass is 366 g/mol. The van der Waals surface area contributed by atoms with Gasteiger partial charge in [0.05, 0.1) is 0 Å². The number of benzene rings is 1. The van der Waals surface area contributed by atoms with E-state index in [4.69, 9.17) is 4.74 Å². The summed E-state index contributed by atoms with van der Waals surface area (Å²) in [5.74, 6) is 0. The molecule has 5 heteroatoms. The van der Waals surface area contributed by atoms with Gasteiger partial charge in [-0.15, -0.1) is 11.3 Å². The largest absolute Gasteiger partial charge is 0.371 e. The van der Waals surface area contributed by atoms with Crippen molar-refractivity contribution in [3.8, 4) is 0 Å². The fourth-order valence-corrected chi connectivity index (χ4v) is 3.84. The van der Waals surface area contributed by atoms with Gasteiger partial charge in [0, 0.05) is 34.7 Å². The molecule has 0 saturated carbocycles. The Balaban J connectivity index is 1.57. The fraction of sp³-hybridized carbons (Fsp3) is 0.438. The van der Waals surface area contributed by atoms with Crippen LogP contribution in [0, 0.1) is 0 Å². The van der Waals surface area contributed by atoms with Crippen LogP contribution in [0.25, 0.3) is 0 Å². The molecule has 1 aliphatic rings. The van der Waals surface area contributed by atoms with Crippen molar-refractivity contribution in [2.24, 2.45) is 0 Å². The van der Waals surface area contributed by atoms with Gasteiger partial charge in [-0.1, -0.05) is 28.1 Å². The molecule has 0 amide bonds. The van der Waals surface area contributed by atoms with Gasteiger partial charge in [0.1, 0.15) is 11.1 Å². The maximum absolute atomic E-state index is 5.68. The Morgan fingerprint density at radius 2 is 2.43 bits per heavy atom. The van der Waals surface area contributed by atoms with Crippen molar-refractivity contribution in [3.05, 3.63) is 50.4 Å². The number of aromatic nitrogens is 1. The smallest absolute Gasteiger partial charge is 0.122 e. The zero-order valence-corrected chi connectivity index (χ0v) is 14.4. The zero-order chi connectivity index (χ0) is 14.7. The number of nitrogens with zero attached hydrogens (tertiary/aromatic N) is 1. The number of halogens is 1. The molecule has 2 heterocycles. The van der Waals surface area contributed by atoms with Gasteiger partial charge in [-0.05, 0) is 37.5 Å². The molecule has 1 aliphatic heterocycles. The number of hydrogen-bond acceptors (Lipinski definition) is 4. The van der Waals surface area contributed by atoms with E-state index in [0.717, 1.165) is 35.5 Å². The minimum Gasteiger partial charge on any atom is -0.371 e. The number of hydrogen-bond donors (Lipinski definition) is 1. The highest BCUT2D eigenvalue weighted by Crippen LogP contribution is 2.31. The van der Waals surface area contributed by atoms with E-state index in [0.29, 0.717) is 6.04 Å². The lowest BCUT2D eigenvalue weighted by atomic mass is 10.1. The van der Waals surface area contributed by atoms with Gasteiger partial charge < -0.3 is 10.1 Å². The molecule has 0 spiro atoms. The second-order valence-electron chi connectivity index (χ2n) is 5.32. The minimum atomic E-state index is 0.228. The summed E-state index contributed by atoms with van der Waals surface area (Å²) in [5, 5.41) is 4.68. The van der Waals surface area contributed by atoms with E-state index in [1.165, 1.54) is 10.4 Å². The molecule has 3 nitrogen and oxygen atoms in total. The average Bonchev–Trinajstić information content (AvgIpc) is 3.15. The first-order valence-electron chi connectivity index (χ1n) is 7.27. The molecule has 3 rings (SSSR count). The average molecular weight is 367 g/mol. The maximum Gasteiger partial charge on any atom is 0.122 e. The first kappa shape index (κ1) is 15.2. The van der Waals surface area contributed by atoms with Gasteiger partial charge in [0.25, 0.3) is 0 Å². The van der Waals surface area contributed by atoms with Crippen LogP contribution in [0.5, 0.6) is 0 Å². The molecule has 0 bridgehead atoms. The first-order chi connectivity index (χ1) is 10.2. The third-order valence-electron chi connectivity index (χ3n) is 3.71. The van der Waals surface area contributed by atoms with E-state index in [1.54, 1.807) is 11.3 Å². The normalized spacial score (nSPS) is 19.8. The first-order valence-corrected chi connectivity index (χ1v) is 8.88. The summed E-state index contributed by atoms with van der Waals surface area (Å²) in [6, 6.07) is 8.73. The quantitative estimate of drug-likeness (QED) is 0.838. The van der Waals surface area contributed by atoms with Crippen molar-refractivity contribution in [1.82, 2.24) is 10.3 Å². The minimum absolute atomic E-state index is 0.228. The lowest BCUT2D eigenvalue weighted by Gasteiger charge is -2.13. The lowest BCUT2D eigenvalue weighted by molar-refractivity contribution is 0.111. The Hall–Kier alpha value is -0.750. The third-order valence-corrected chi connectivity index (χ3v) is 5.29. The molecule has 1 N–H and O–H groups in total. The van der Waals surface area contributed by atoms with Crippen LogP contribution >= 0.6 is 27.3 Å². The van der Waals surface area contributed by atoms with Gasteiger partial charge in [0.2, 0.25) is 0 Å². The zero-order valence-electron chi connectivity index (χ0n) is 12.0. The molecule has 112 valence electrons. The summed E-state index contributed by atoms with van der Waals surface area (Å²) in [4.78, 5) is 5.78. The molecule has 0 radical (unpaired) electrons. The van der Waals surface area contributed by atoms with Gasteiger partial charge >= 0.3 is 0 Å². The summed E-state index contributed by atoms with van der Waals surface area (Å²) in [6.45, 7) is 3.90. The molecule has 2 atom stereocenters. The highest BCUT2D eigenvalue weighted by molar-refractivity contribution is 9.10. The number of nitrogens with one attached hydrogen (secondary N) is 1. The summed E-state index contributed by atoms with van der Waals surface area (Å²) < 4.78 is 6.80. The molecule has 1 saturated heterocycles. The highest BCUT2D eigenvalue weighted by Gasteiger charge is 2.20. The van der Waals surface area contributed by atoms with Crippen LogP contribution in [0.4, 0.5) is 0 Å². The van der Waals surface area contributed by atoms with E-state index in [9.17, 15) is 0 Å². The summed E-state index contributed by atoms with van der Waals surface area (Å²) in [6.07, 6.45) is 4.46. The van der Waals surface area contributed by atoms with Crippen LogP contribution in [0.15, 0.2) is 34.9 Å². The third kappa shape index (κ3) is 3.92. The second-order valence-corrected chi connectivity index (χ2v) is 7.39. The van der Waals surface area contributed by atoms with Gasteiger partial charge in [-0.2, -0.15) is 0 Å². The standard InChI is InChI=1S/C16H19BrN2OS/c1-11(12-4-2-5-13(17)8-12)18-9-14-10-19-16(21-14)15-6-3-7-20-15/h2,4-5,8,10-11,15,18H,3,6-7,9H2,1H3. The topological polar surface area (TPSA) is 34.2 Å². The molecule has 1 aromatic heterocycles. The van der Waals surface area contributed by atoms with Crippen molar-refractivity contribution in [2.45, 2.75) is 38.5 Å². The Labute approximate surface area is 137 Å². The Kier molecular flexibility index (Phi) is 5.06. The van der Waals surface area contributed by atoms with E-state index < -0.39 is 0 Å². The molecule has 1 aromatic carbocycles. The summed E-state index contributed by atoms with van der Waals surface area (Å²) in [7, 11) is 0. The Morgan fingerprint density at radius 1 is 1.52 bits per heavy atom. The fourth-order valence-electron chi connectivity index (χ4n) is 2.47. The van der Waals surface area contributed by atoms with Gasteiger partial charge in [-0.25, -0.2) is 4.98 Å². The van der Waals surface area contributed by atoms with Crippen molar-refractivity contribution >= 4 is 27.3 Å². The molecule has 2 aromatic rings. The predicted molar refractivity (Wildman–Crippen MR) is 89.4 cm³/mol. The van der Waals surface area contributed by atoms with Crippen LogP contribution in [0.2, 0.25) is 0 Å². The number of rotatable bonds is 5. The molecule has 1 fully saturated rings. The highest BCUT2D eigenvalue weighted by atomic mass is 79.9. The van der Waals surface area contributed by atoms with Crippen LogP contribution in [-0.2, 0) is 11.3 Å². The van der Waals surface area contributed by atoms with E-state index >= 15 is 0 Å². The van der Waals surface area contributed by atoms with Crippen molar-refractivity contribution < 1.29 is 4.74 Å². The number of thiazole rings is 1. The summed E-state index contributed by atoms with van der Waals surface area (Å²) in [5.41, 5.74) is 1.29. The van der Waals surface area contributed by atoms with Gasteiger partial charge in [-0.3, -0.25) is 0 Å². The van der Waals surface area contributed by atoms with Crippen LogP contribution in [-0.4, -0.2) is 11.6 Å². The SMILES string of the molecule is CC(NCc1cnc(C2CCCO2)s1)c1cccc(Br)c1. The van der Waals surface area contributed by atoms with Crippen molar-refractivity contribution in [1.29, 1.82) is 0 Å². The second kappa shape index (κ2) is 7.01. The lowest BCUT2D eigenvalue weighted by Crippen LogP contribution is -2.17. The predicted octanol–water partition coefficient (Wildman–Crippen LogP) is 4.61. The molecular weight excluding hydrogens is 348 g/mol. The Morgan fingerprint density at radius 3 is 3.19 bits per heavy atom. The maximum atomic E-state index is 5.68. The van der Waals surface area contributed by atoms with Crippen LogP contribution < -0.4 is 5.32 Å². The van der Waals surface area contributed by atoms with Crippen LogP contribution in [0.3, 0.4) is 0 Å². The number of ether oxygens (including phenoxy) is 1. The molecular formula is C16H19BrN2OS. The van der Waals surface area contributed by atoms with Gasteiger partial charge in [0.15, 0.2) is 0 Å². The molecule has 2 unspecified atom stereocenters. The van der Waals surface area contributed by atoms with Crippen LogP contribution in [0.1, 0.15) is 47.4 Å². The van der Waals surface area contributed by atoms with Crippen molar-refractivity contribution in [3.63, 3.8) is 0 Å². The Bertz CT molecular complexity index is 595. The van der Waals surface area contributed by atoms with Crippen molar-refractivity contribution in [2.75, 3.05) is 6.61 Å². The molecule has 21 heavy (non-hydrogen) atoms. The van der Waals surface area contributed by atoms with E-state index in [-0.39, 0.29) is 6.10 Å². The molecule has 0 aliphatic carbocycles. The summed E-state index contributed by atoms with van der Waals surface area (Å²) >= 11 is 5.28. The van der Waals surface area contributed by atoms with E-state index in [2.05, 4.69) is 51.4 Å².